The number of aromatic nitrogens is 3. The number of benzene rings is 1. The van der Waals surface area contributed by atoms with Crippen molar-refractivity contribution in [3.05, 3.63) is 48.2 Å². The normalized spacial score (nSPS) is 18.2. The van der Waals surface area contributed by atoms with Crippen LogP contribution >= 0.6 is 11.8 Å². The molecule has 1 saturated carbocycles. The van der Waals surface area contributed by atoms with Crippen LogP contribution in [0.4, 0.5) is 0 Å². The maximum Gasteiger partial charge on any atom is 0.222 e. The molecule has 0 N–H and O–H groups in total. The van der Waals surface area contributed by atoms with Gasteiger partial charge >= 0.3 is 0 Å². The van der Waals surface area contributed by atoms with Crippen molar-refractivity contribution in [3.8, 4) is 17.3 Å². The summed E-state index contributed by atoms with van der Waals surface area (Å²) in [4.78, 5) is 29.7. The fraction of sp³-hybridized carbons (Fsp3) is 0.533. The Bertz CT molecular complexity index is 1250. The summed E-state index contributed by atoms with van der Waals surface area (Å²) in [7, 11) is 0. The highest BCUT2D eigenvalue weighted by atomic mass is 32.2. The SMILES string of the molecule is Cc1ccccc1-n1c(SCCCC(=O)N2CCN(C(=O)CCC3CCCC3)C(C)C2)nnc1-c1ccco1. The molecule has 1 aliphatic heterocycles. The van der Waals surface area contributed by atoms with Gasteiger partial charge in [-0.05, 0) is 56.4 Å². The number of carbonyl (C=O) groups excluding carboxylic acids is 2. The van der Waals surface area contributed by atoms with Gasteiger partial charge < -0.3 is 14.2 Å². The van der Waals surface area contributed by atoms with Crippen LogP contribution < -0.4 is 0 Å². The fourth-order valence-corrected chi connectivity index (χ4v) is 6.71. The highest BCUT2D eigenvalue weighted by molar-refractivity contribution is 7.99. The number of aryl methyl sites for hydroxylation is 1. The van der Waals surface area contributed by atoms with Crippen LogP contribution in [-0.4, -0.2) is 67.8 Å². The predicted octanol–water partition coefficient (Wildman–Crippen LogP) is 5.74. The maximum absolute atomic E-state index is 13.0. The van der Waals surface area contributed by atoms with E-state index in [9.17, 15) is 9.59 Å². The summed E-state index contributed by atoms with van der Waals surface area (Å²) < 4.78 is 7.65. The van der Waals surface area contributed by atoms with Gasteiger partial charge in [-0.2, -0.15) is 0 Å². The van der Waals surface area contributed by atoms with Gasteiger partial charge in [0.25, 0.3) is 0 Å². The molecule has 1 unspecified atom stereocenters. The first-order chi connectivity index (χ1) is 19.0. The monoisotopic (exact) mass is 549 g/mol. The van der Waals surface area contributed by atoms with E-state index in [1.165, 1.54) is 25.7 Å². The summed E-state index contributed by atoms with van der Waals surface area (Å²) in [5.41, 5.74) is 2.13. The van der Waals surface area contributed by atoms with Crippen LogP contribution in [0, 0.1) is 12.8 Å². The minimum atomic E-state index is 0.0702. The lowest BCUT2D eigenvalue weighted by atomic mass is 10.0. The molecule has 8 nitrogen and oxygen atoms in total. The Morgan fingerprint density at radius 2 is 1.85 bits per heavy atom. The van der Waals surface area contributed by atoms with Crippen molar-refractivity contribution < 1.29 is 14.0 Å². The average molecular weight is 550 g/mol. The van der Waals surface area contributed by atoms with Crippen molar-refractivity contribution in [3.63, 3.8) is 0 Å². The lowest BCUT2D eigenvalue weighted by Gasteiger charge is -2.40. The summed E-state index contributed by atoms with van der Waals surface area (Å²) in [5, 5.41) is 9.65. The number of thioether (sulfide) groups is 1. The van der Waals surface area contributed by atoms with E-state index in [0.29, 0.717) is 44.1 Å². The van der Waals surface area contributed by atoms with Gasteiger partial charge in [-0.1, -0.05) is 55.6 Å². The van der Waals surface area contributed by atoms with Crippen LogP contribution in [0.25, 0.3) is 17.3 Å². The molecule has 1 aliphatic carbocycles. The van der Waals surface area contributed by atoms with Crippen molar-refractivity contribution in [2.75, 3.05) is 25.4 Å². The average Bonchev–Trinajstić information content (AvgIpc) is 3.72. The number of amides is 2. The van der Waals surface area contributed by atoms with Gasteiger partial charge in [-0.3, -0.25) is 14.2 Å². The number of carbonyl (C=O) groups is 2. The van der Waals surface area contributed by atoms with Gasteiger partial charge in [0, 0.05) is 44.3 Å². The van der Waals surface area contributed by atoms with Gasteiger partial charge in [0.1, 0.15) is 0 Å². The lowest BCUT2D eigenvalue weighted by molar-refractivity contribution is -0.142. The van der Waals surface area contributed by atoms with Crippen LogP contribution in [0.1, 0.15) is 63.9 Å². The topological polar surface area (TPSA) is 84.5 Å². The molecule has 2 fully saturated rings. The van der Waals surface area contributed by atoms with E-state index >= 15 is 0 Å². The number of hydrogen-bond donors (Lipinski definition) is 0. The third-order valence-electron chi connectivity index (χ3n) is 8.04. The van der Waals surface area contributed by atoms with Crippen LogP contribution in [0.15, 0.2) is 52.2 Å². The first-order valence-electron chi connectivity index (χ1n) is 14.3. The third kappa shape index (κ3) is 6.57. The molecular formula is C30H39N5O3S. The molecule has 3 heterocycles. The molecule has 0 spiro atoms. The Kier molecular flexibility index (Phi) is 9.06. The molecule has 2 aromatic heterocycles. The lowest BCUT2D eigenvalue weighted by Crippen LogP contribution is -2.55. The number of furan rings is 1. The van der Waals surface area contributed by atoms with E-state index in [-0.39, 0.29) is 17.9 Å². The van der Waals surface area contributed by atoms with E-state index in [2.05, 4.69) is 36.2 Å². The van der Waals surface area contributed by atoms with Crippen LogP contribution in [-0.2, 0) is 9.59 Å². The standard InChI is InChI=1S/C30H39N5O3S/c1-22-9-3-6-12-25(22)35-29(26-13-7-19-38-26)31-32-30(35)39-20-8-14-27(36)33-17-18-34(23(2)21-33)28(37)16-15-24-10-4-5-11-24/h3,6-7,9,12-13,19,23-24H,4-5,8,10-11,14-18,20-21H2,1-2H3. The molecule has 1 atom stereocenters. The van der Waals surface area contributed by atoms with Crippen molar-refractivity contribution in [2.24, 2.45) is 5.92 Å². The molecule has 1 aromatic carbocycles. The molecule has 1 saturated heterocycles. The van der Waals surface area contributed by atoms with E-state index < -0.39 is 0 Å². The van der Waals surface area contributed by atoms with Crippen molar-refractivity contribution >= 4 is 23.6 Å². The highest BCUT2D eigenvalue weighted by Crippen LogP contribution is 2.31. The first-order valence-corrected chi connectivity index (χ1v) is 15.2. The molecule has 3 aromatic rings. The largest absolute Gasteiger partial charge is 0.461 e. The number of rotatable bonds is 10. The minimum absolute atomic E-state index is 0.0702. The molecule has 2 aliphatic rings. The van der Waals surface area contributed by atoms with Gasteiger partial charge in [0.2, 0.25) is 17.6 Å². The molecular weight excluding hydrogens is 510 g/mol. The van der Waals surface area contributed by atoms with Gasteiger partial charge in [0.15, 0.2) is 10.9 Å². The Hall–Kier alpha value is -3.07. The molecule has 5 rings (SSSR count). The van der Waals surface area contributed by atoms with Crippen molar-refractivity contribution in [1.82, 2.24) is 24.6 Å². The first kappa shape index (κ1) is 27.5. The second-order valence-corrected chi connectivity index (χ2v) is 11.9. The summed E-state index contributed by atoms with van der Waals surface area (Å²) >= 11 is 1.60. The van der Waals surface area contributed by atoms with Gasteiger partial charge in [0.05, 0.1) is 12.0 Å². The predicted molar refractivity (Wildman–Crippen MR) is 153 cm³/mol. The maximum atomic E-state index is 13.0. The van der Waals surface area contributed by atoms with E-state index in [1.807, 2.05) is 38.6 Å². The Labute approximate surface area is 235 Å². The Morgan fingerprint density at radius 3 is 2.59 bits per heavy atom. The van der Waals surface area contributed by atoms with Crippen LogP contribution in [0.2, 0.25) is 0 Å². The smallest absolute Gasteiger partial charge is 0.222 e. The molecule has 0 bridgehead atoms. The number of nitrogens with zero attached hydrogens (tertiary/aromatic N) is 5. The van der Waals surface area contributed by atoms with E-state index in [0.717, 1.165) is 40.9 Å². The number of para-hydroxylation sites is 1. The van der Waals surface area contributed by atoms with E-state index in [1.54, 1.807) is 18.0 Å². The van der Waals surface area contributed by atoms with Crippen LogP contribution in [0.5, 0.6) is 0 Å². The van der Waals surface area contributed by atoms with Gasteiger partial charge in [-0.25, -0.2) is 0 Å². The zero-order chi connectivity index (χ0) is 27.2. The van der Waals surface area contributed by atoms with Crippen molar-refractivity contribution in [2.45, 2.75) is 76.4 Å². The minimum Gasteiger partial charge on any atom is -0.461 e. The molecule has 208 valence electrons. The Balaban J connectivity index is 1.12. The third-order valence-corrected chi connectivity index (χ3v) is 9.05. The number of piperazine rings is 1. The molecule has 9 heteroatoms. The van der Waals surface area contributed by atoms with Crippen molar-refractivity contribution in [1.29, 1.82) is 0 Å². The summed E-state index contributed by atoms with van der Waals surface area (Å²) in [6.07, 6.45) is 9.71. The Morgan fingerprint density at radius 1 is 1.03 bits per heavy atom. The zero-order valence-corrected chi connectivity index (χ0v) is 23.9. The molecule has 2 amide bonds. The van der Waals surface area contributed by atoms with Crippen LogP contribution in [0.3, 0.4) is 0 Å². The second-order valence-electron chi connectivity index (χ2n) is 10.8. The summed E-state index contributed by atoms with van der Waals surface area (Å²) in [6.45, 7) is 6.02. The van der Waals surface area contributed by atoms with Gasteiger partial charge in [-0.15, -0.1) is 10.2 Å². The fourth-order valence-electron chi connectivity index (χ4n) is 5.83. The molecule has 39 heavy (non-hydrogen) atoms. The summed E-state index contributed by atoms with van der Waals surface area (Å²) in [5.74, 6) is 3.23. The second kappa shape index (κ2) is 12.9. The summed E-state index contributed by atoms with van der Waals surface area (Å²) in [6, 6.07) is 11.9. The quantitative estimate of drug-likeness (QED) is 0.237. The number of hydrogen-bond acceptors (Lipinski definition) is 6. The zero-order valence-electron chi connectivity index (χ0n) is 23.1. The molecule has 0 radical (unpaired) electrons. The highest BCUT2D eigenvalue weighted by Gasteiger charge is 2.30. The van der Waals surface area contributed by atoms with E-state index in [4.69, 9.17) is 4.42 Å².